The summed E-state index contributed by atoms with van der Waals surface area (Å²) in [7, 11) is 0. The van der Waals surface area contributed by atoms with E-state index >= 15 is 0 Å². The molecule has 0 spiro atoms. The summed E-state index contributed by atoms with van der Waals surface area (Å²) in [4.78, 5) is 18.5. The Morgan fingerprint density at radius 2 is 1.89 bits per heavy atom. The van der Waals surface area contributed by atoms with Gasteiger partial charge < -0.3 is 4.90 Å². The van der Waals surface area contributed by atoms with E-state index in [0.717, 1.165) is 30.3 Å². The van der Waals surface area contributed by atoms with Crippen LogP contribution in [0.25, 0.3) is 5.69 Å². The van der Waals surface area contributed by atoms with Crippen molar-refractivity contribution in [2.45, 2.75) is 0 Å². The standard InChI is InChI=1S/C14H15N3OS/c18-14(16-6-8-19-9-7-16)13-10-15-11-17(13)12-4-2-1-3-5-12/h1-5,10-11H,6-9H2. The topological polar surface area (TPSA) is 38.1 Å². The zero-order valence-corrected chi connectivity index (χ0v) is 11.3. The van der Waals surface area contributed by atoms with Crippen molar-refractivity contribution < 1.29 is 4.79 Å². The van der Waals surface area contributed by atoms with Gasteiger partial charge >= 0.3 is 0 Å². The second-order valence-corrected chi connectivity index (χ2v) is 5.61. The molecule has 1 saturated heterocycles. The highest BCUT2D eigenvalue weighted by molar-refractivity contribution is 7.99. The Labute approximate surface area is 116 Å². The molecule has 0 radical (unpaired) electrons. The summed E-state index contributed by atoms with van der Waals surface area (Å²) < 4.78 is 1.85. The molecule has 5 heteroatoms. The molecule has 0 atom stereocenters. The Kier molecular flexibility index (Phi) is 3.55. The first-order chi connectivity index (χ1) is 9.36. The van der Waals surface area contributed by atoms with Crippen molar-refractivity contribution in [3.8, 4) is 5.69 Å². The number of benzene rings is 1. The van der Waals surface area contributed by atoms with Crippen LogP contribution in [0.2, 0.25) is 0 Å². The Morgan fingerprint density at radius 3 is 2.63 bits per heavy atom. The van der Waals surface area contributed by atoms with E-state index in [1.54, 1.807) is 12.5 Å². The van der Waals surface area contributed by atoms with Crippen molar-refractivity contribution in [1.82, 2.24) is 14.5 Å². The number of carbonyl (C=O) groups is 1. The number of rotatable bonds is 2. The lowest BCUT2D eigenvalue weighted by Crippen LogP contribution is -2.38. The number of carbonyl (C=O) groups excluding carboxylic acids is 1. The molecule has 3 rings (SSSR count). The van der Waals surface area contributed by atoms with E-state index in [-0.39, 0.29) is 5.91 Å². The largest absolute Gasteiger partial charge is 0.336 e. The fraction of sp³-hybridized carbons (Fsp3) is 0.286. The number of hydrogen-bond donors (Lipinski definition) is 0. The Hall–Kier alpha value is -1.75. The first kappa shape index (κ1) is 12.3. The highest BCUT2D eigenvalue weighted by Crippen LogP contribution is 2.16. The van der Waals surface area contributed by atoms with Crippen LogP contribution in [0.3, 0.4) is 0 Å². The van der Waals surface area contributed by atoms with E-state index in [1.807, 2.05) is 51.6 Å². The molecule has 19 heavy (non-hydrogen) atoms. The highest BCUT2D eigenvalue weighted by atomic mass is 32.2. The highest BCUT2D eigenvalue weighted by Gasteiger charge is 2.21. The van der Waals surface area contributed by atoms with Gasteiger partial charge in [-0.25, -0.2) is 4.98 Å². The third-order valence-electron chi connectivity index (χ3n) is 3.19. The number of aromatic nitrogens is 2. The zero-order valence-electron chi connectivity index (χ0n) is 10.5. The first-order valence-electron chi connectivity index (χ1n) is 6.31. The Balaban J connectivity index is 1.89. The summed E-state index contributed by atoms with van der Waals surface area (Å²) in [6.45, 7) is 1.65. The second kappa shape index (κ2) is 5.48. The maximum Gasteiger partial charge on any atom is 0.272 e. The Morgan fingerprint density at radius 1 is 1.16 bits per heavy atom. The van der Waals surface area contributed by atoms with Crippen LogP contribution < -0.4 is 0 Å². The van der Waals surface area contributed by atoms with E-state index < -0.39 is 0 Å². The molecule has 0 bridgehead atoms. The molecule has 0 N–H and O–H groups in total. The molecule has 1 aromatic carbocycles. The van der Waals surface area contributed by atoms with Crippen molar-refractivity contribution in [2.75, 3.05) is 24.6 Å². The van der Waals surface area contributed by atoms with Gasteiger partial charge in [-0.3, -0.25) is 9.36 Å². The average Bonchev–Trinajstić information content (AvgIpc) is 2.98. The normalized spacial score (nSPS) is 15.5. The third-order valence-corrected chi connectivity index (χ3v) is 4.13. The van der Waals surface area contributed by atoms with Crippen molar-refractivity contribution in [3.05, 3.63) is 48.5 Å². The van der Waals surface area contributed by atoms with Crippen LogP contribution in [0, 0.1) is 0 Å². The molecule has 1 aliphatic heterocycles. The minimum absolute atomic E-state index is 0.0710. The lowest BCUT2D eigenvalue weighted by Gasteiger charge is -2.26. The molecule has 98 valence electrons. The predicted octanol–water partition coefficient (Wildman–Crippen LogP) is 2.06. The number of para-hydroxylation sites is 1. The average molecular weight is 273 g/mol. The summed E-state index contributed by atoms with van der Waals surface area (Å²) in [6.07, 6.45) is 3.35. The molecule has 1 aliphatic rings. The van der Waals surface area contributed by atoms with Crippen LogP contribution in [0.1, 0.15) is 10.5 Å². The molecular formula is C14H15N3OS. The number of nitrogens with zero attached hydrogens (tertiary/aromatic N) is 3. The smallest absolute Gasteiger partial charge is 0.272 e. The van der Waals surface area contributed by atoms with Gasteiger partial charge in [-0.1, -0.05) is 18.2 Å². The number of thioether (sulfide) groups is 1. The molecule has 2 heterocycles. The van der Waals surface area contributed by atoms with Gasteiger partial charge in [0.1, 0.15) is 5.69 Å². The summed E-state index contributed by atoms with van der Waals surface area (Å²) in [6, 6.07) is 9.83. The van der Waals surface area contributed by atoms with Crippen LogP contribution in [0.15, 0.2) is 42.9 Å². The van der Waals surface area contributed by atoms with E-state index in [9.17, 15) is 4.79 Å². The van der Waals surface area contributed by atoms with Gasteiger partial charge in [0, 0.05) is 30.3 Å². The quantitative estimate of drug-likeness (QED) is 0.840. The zero-order chi connectivity index (χ0) is 13.1. The third kappa shape index (κ3) is 2.51. The molecule has 0 unspecified atom stereocenters. The van der Waals surface area contributed by atoms with E-state index in [1.165, 1.54) is 0 Å². The summed E-state index contributed by atoms with van der Waals surface area (Å²) >= 11 is 1.90. The lowest BCUT2D eigenvalue weighted by atomic mass is 10.3. The first-order valence-corrected chi connectivity index (χ1v) is 7.46. The molecule has 1 fully saturated rings. The van der Waals surface area contributed by atoms with Crippen LogP contribution in [-0.2, 0) is 0 Å². The maximum atomic E-state index is 12.5. The molecule has 1 aromatic heterocycles. The number of amides is 1. The predicted molar refractivity (Wildman–Crippen MR) is 76.8 cm³/mol. The van der Waals surface area contributed by atoms with Crippen molar-refractivity contribution >= 4 is 17.7 Å². The summed E-state index contributed by atoms with van der Waals surface area (Å²) in [5.74, 6) is 2.11. The van der Waals surface area contributed by atoms with E-state index in [2.05, 4.69) is 4.98 Å². The van der Waals surface area contributed by atoms with Crippen molar-refractivity contribution in [2.24, 2.45) is 0 Å². The fourth-order valence-corrected chi connectivity index (χ4v) is 3.08. The van der Waals surface area contributed by atoms with Crippen LogP contribution in [0.4, 0.5) is 0 Å². The lowest BCUT2D eigenvalue weighted by molar-refractivity contribution is 0.0764. The van der Waals surface area contributed by atoms with Gasteiger partial charge in [-0.15, -0.1) is 0 Å². The molecule has 1 amide bonds. The molecular weight excluding hydrogens is 258 g/mol. The van der Waals surface area contributed by atoms with Gasteiger partial charge in [0.15, 0.2) is 0 Å². The number of hydrogen-bond acceptors (Lipinski definition) is 3. The second-order valence-electron chi connectivity index (χ2n) is 4.39. The van der Waals surface area contributed by atoms with E-state index in [0.29, 0.717) is 5.69 Å². The molecule has 2 aromatic rings. The van der Waals surface area contributed by atoms with Crippen molar-refractivity contribution in [1.29, 1.82) is 0 Å². The van der Waals surface area contributed by atoms with Gasteiger partial charge in [0.05, 0.1) is 12.5 Å². The SMILES string of the molecule is O=C(c1cncn1-c1ccccc1)N1CCSCC1. The van der Waals surface area contributed by atoms with Gasteiger partial charge in [-0.05, 0) is 12.1 Å². The van der Waals surface area contributed by atoms with Gasteiger partial charge in [0.25, 0.3) is 5.91 Å². The monoisotopic (exact) mass is 273 g/mol. The maximum absolute atomic E-state index is 12.5. The van der Waals surface area contributed by atoms with Crippen LogP contribution >= 0.6 is 11.8 Å². The molecule has 0 aliphatic carbocycles. The van der Waals surface area contributed by atoms with E-state index in [4.69, 9.17) is 0 Å². The fourth-order valence-electron chi connectivity index (χ4n) is 2.18. The summed E-state index contributed by atoms with van der Waals surface area (Å²) in [5, 5.41) is 0. The molecule has 4 nitrogen and oxygen atoms in total. The Bertz CT molecular complexity index is 561. The van der Waals surface area contributed by atoms with Gasteiger partial charge in [0.2, 0.25) is 0 Å². The number of imidazole rings is 1. The minimum atomic E-state index is 0.0710. The van der Waals surface area contributed by atoms with Crippen LogP contribution in [-0.4, -0.2) is 45.0 Å². The van der Waals surface area contributed by atoms with Crippen molar-refractivity contribution in [3.63, 3.8) is 0 Å². The summed E-state index contributed by atoms with van der Waals surface area (Å²) in [5.41, 5.74) is 1.60. The van der Waals surface area contributed by atoms with Gasteiger partial charge in [-0.2, -0.15) is 11.8 Å². The molecule has 0 saturated carbocycles. The minimum Gasteiger partial charge on any atom is -0.336 e. The van der Waals surface area contributed by atoms with Crippen LogP contribution in [0.5, 0.6) is 0 Å².